The first kappa shape index (κ1) is 34.9. The first-order valence-electron chi connectivity index (χ1n) is 15.4. The molecule has 1 saturated heterocycles. The normalized spacial score (nSPS) is 20.0. The highest BCUT2D eigenvalue weighted by atomic mass is 32.2. The van der Waals surface area contributed by atoms with E-state index in [0.29, 0.717) is 35.5 Å². The van der Waals surface area contributed by atoms with Gasteiger partial charge in [-0.3, -0.25) is 0 Å². The topological polar surface area (TPSA) is 136 Å². The van der Waals surface area contributed by atoms with Gasteiger partial charge in [-0.15, -0.1) is 0 Å². The third kappa shape index (κ3) is 8.72. The number of primary sulfonamides is 1. The Labute approximate surface area is 273 Å². The second kappa shape index (κ2) is 14.0. The number of sulfonamides is 1. The fourth-order valence-corrected chi connectivity index (χ4v) is 8.20. The maximum Gasteiger partial charge on any atom is 0.406 e. The second-order valence-electron chi connectivity index (χ2n) is 12.2. The van der Waals surface area contributed by atoms with Gasteiger partial charge in [-0.2, -0.15) is 13.2 Å². The minimum Gasteiger partial charge on any atom is -0.495 e. The number of nitrogens with two attached hydrogens (primary N) is 1. The summed E-state index contributed by atoms with van der Waals surface area (Å²) in [4.78, 5) is 2.29. The number of nitrogens with zero attached hydrogens (tertiary/aromatic N) is 2. The third-order valence-electron chi connectivity index (χ3n) is 9.02. The van der Waals surface area contributed by atoms with Crippen molar-refractivity contribution in [1.29, 1.82) is 0 Å². The maximum absolute atomic E-state index is 13.7. The van der Waals surface area contributed by atoms with E-state index in [4.69, 9.17) is 9.88 Å². The first-order valence-corrected chi connectivity index (χ1v) is 18.9. The molecule has 3 aromatic rings. The molecule has 1 aromatic heterocycles. The Morgan fingerprint density at radius 2 is 1.68 bits per heavy atom. The number of alkyl halides is 3. The van der Waals surface area contributed by atoms with Gasteiger partial charge in [0.15, 0.2) is 0 Å². The smallest absolute Gasteiger partial charge is 0.406 e. The third-order valence-corrected chi connectivity index (χ3v) is 11.6. The number of fused-ring (bicyclic) bond motifs is 1. The zero-order valence-electron chi connectivity index (χ0n) is 26.3. The Bertz CT molecular complexity index is 1870. The van der Waals surface area contributed by atoms with Crippen molar-refractivity contribution in [1.82, 2.24) is 9.47 Å². The Morgan fingerprint density at radius 3 is 2.30 bits per heavy atom. The van der Waals surface area contributed by atoms with E-state index in [1.54, 1.807) is 18.2 Å². The van der Waals surface area contributed by atoms with Crippen LogP contribution < -0.4 is 20.5 Å². The largest absolute Gasteiger partial charge is 0.495 e. The van der Waals surface area contributed by atoms with Gasteiger partial charge in [-0.25, -0.2) is 22.0 Å². The van der Waals surface area contributed by atoms with Crippen molar-refractivity contribution in [3.63, 3.8) is 0 Å². The number of benzene rings is 2. The Morgan fingerprint density at radius 1 is 0.979 bits per heavy atom. The van der Waals surface area contributed by atoms with Crippen LogP contribution in [0.3, 0.4) is 0 Å². The lowest BCUT2D eigenvalue weighted by Crippen LogP contribution is -2.46. The lowest BCUT2D eigenvalue weighted by molar-refractivity contribution is -0.140. The average molecular weight is 696 g/mol. The van der Waals surface area contributed by atoms with Crippen molar-refractivity contribution < 1.29 is 34.7 Å². The molecule has 0 atom stereocenters. The second-order valence-corrected chi connectivity index (χ2v) is 16.1. The number of halogens is 3. The molecular weight excluding hydrogens is 656 g/mol. The van der Waals surface area contributed by atoms with Crippen LogP contribution in [-0.4, -0.2) is 82.8 Å². The molecule has 0 unspecified atom stereocenters. The predicted octanol–water partition coefficient (Wildman–Crippen LogP) is 4.56. The van der Waals surface area contributed by atoms with Gasteiger partial charge in [0.25, 0.3) is 0 Å². The van der Waals surface area contributed by atoms with E-state index in [2.05, 4.69) is 27.4 Å². The SMILES string of the molecule is COc1cc(S(N)(=O)=O)ccc1NCC#Cc1cc2c(NC3CCC(N4CCC(S(C)(=O)=O)CC4)CC3)cccc2n1CC(F)(F)F. The molecule has 5 rings (SSSR count). The molecule has 1 saturated carbocycles. The van der Waals surface area contributed by atoms with Gasteiger partial charge in [-0.05, 0) is 87.9 Å². The van der Waals surface area contributed by atoms with Crippen LogP contribution in [0.1, 0.15) is 44.2 Å². The summed E-state index contributed by atoms with van der Waals surface area (Å²) in [5, 5.41) is 12.2. The Balaban J connectivity index is 1.28. The monoisotopic (exact) mass is 695 g/mol. The number of piperidine rings is 1. The molecule has 0 radical (unpaired) electrons. The van der Waals surface area contributed by atoms with Crippen LogP contribution in [-0.2, 0) is 26.4 Å². The number of rotatable bonds is 9. The van der Waals surface area contributed by atoms with Crippen LogP contribution in [0.4, 0.5) is 24.5 Å². The summed E-state index contributed by atoms with van der Waals surface area (Å²) in [7, 11) is -5.57. The fourth-order valence-electron chi connectivity index (χ4n) is 6.61. The molecule has 2 fully saturated rings. The number of anilines is 2. The molecule has 0 spiro atoms. The fraction of sp³-hybridized carbons (Fsp3) is 0.500. The lowest BCUT2D eigenvalue weighted by Gasteiger charge is -2.40. The van der Waals surface area contributed by atoms with E-state index in [9.17, 15) is 30.0 Å². The molecule has 15 heteroatoms. The van der Waals surface area contributed by atoms with E-state index in [1.165, 1.54) is 36.1 Å². The highest BCUT2D eigenvalue weighted by Gasteiger charge is 2.33. The van der Waals surface area contributed by atoms with Crippen molar-refractivity contribution in [2.24, 2.45) is 5.14 Å². The summed E-state index contributed by atoms with van der Waals surface area (Å²) in [6.07, 6.45) is 1.91. The van der Waals surface area contributed by atoms with Crippen molar-refractivity contribution in [2.45, 2.75) is 73.5 Å². The standard InChI is InChI=1S/C32H40F3N5O5S2/c1-45-31-20-26(47(36,43)44)12-13-29(31)37-16-4-5-24-19-27-28(6-3-7-30(27)40(24)21-32(33,34)35)38-22-8-10-23(11-9-22)39-17-14-25(15-18-39)46(2,41)42/h3,6-7,12-13,19-20,22-23,25,37-38H,8-11,14-18,21H2,1-2H3,(H2,36,43,44). The number of sulfone groups is 1. The molecule has 1 aliphatic carbocycles. The van der Waals surface area contributed by atoms with Crippen LogP contribution in [0, 0.1) is 11.8 Å². The summed E-state index contributed by atoms with van der Waals surface area (Å²) in [5.74, 6) is 5.98. The van der Waals surface area contributed by atoms with E-state index in [0.717, 1.165) is 44.5 Å². The summed E-state index contributed by atoms with van der Waals surface area (Å²) in [5.41, 5.74) is 1.84. The number of likely N-dealkylation sites (tertiary alicyclic amines) is 1. The van der Waals surface area contributed by atoms with Gasteiger partial charge in [-0.1, -0.05) is 12.0 Å². The lowest BCUT2D eigenvalue weighted by atomic mass is 9.89. The molecule has 4 N–H and O–H groups in total. The van der Waals surface area contributed by atoms with E-state index in [-0.39, 0.29) is 34.2 Å². The van der Waals surface area contributed by atoms with E-state index >= 15 is 0 Å². The van der Waals surface area contributed by atoms with Crippen LogP contribution in [0.2, 0.25) is 0 Å². The first-order chi connectivity index (χ1) is 22.1. The van der Waals surface area contributed by atoms with Crippen molar-refractivity contribution in [3.05, 3.63) is 48.2 Å². The minimum atomic E-state index is -4.46. The minimum absolute atomic E-state index is 0.0545. The van der Waals surface area contributed by atoms with Crippen LogP contribution in [0.15, 0.2) is 47.4 Å². The number of nitrogens with one attached hydrogen (secondary N) is 2. The number of methoxy groups -OCH3 is 1. The molecule has 0 amide bonds. The van der Waals surface area contributed by atoms with Crippen LogP contribution in [0.5, 0.6) is 5.75 Å². The number of ether oxygens (including phenoxy) is 1. The average Bonchev–Trinajstić information content (AvgIpc) is 3.35. The number of hydrogen-bond acceptors (Lipinski definition) is 8. The number of aromatic nitrogens is 1. The van der Waals surface area contributed by atoms with Gasteiger partial charge >= 0.3 is 6.18 Å². The van der Waals surface area contributed by atoms with E-state index < -0.39 is 32.6 Å². The highest BCUT2D eigenvalue weighted by molar-refractivity contribution is 7.91. The number of hydrogen-bond donors (Lipinski definition) is 3. The van der Waals surface area contributed by atoms with Crippen LogP contribution in [0.25, 0.3) is 10.9 Å². The van der Waals surface area contributed by atoms with Gasteiger partial charge in [0.2, 0.25) is 10.0 Å². The molecule has 2 aromatic carbocycles. The Kier molecular flexibility index (Phi) is 10.4. The summed E-state index contributed by atoms with van der Waals surface area (Å²) in [6, 6.07) is 11.6. The van der Waals surface area contributed by atoms with Crippen molar-refractivity contribution in [3.8, 4) is 17.6 Å². The molecule has 1 aliphatic heterocycles. The molecule has 10 nitrogen and oxygen atoms in total. The maximum atomic E-state index is 13.7. The molecular formula is C32H40F3N5O5S2. The van der Waals surface area contributed by atoms with Crippen molar-refractivity contribution >= 4 is 42.1 Å². The predicted molar refractivity (Wildman–Crippen MR) is 177 cm³/mol. The zero-order chi connectivity index (χ0) is 34.0. The molecule has 256 valence electrons. The highest BCUT2D eigenvalue weighted by Crippen LogP contribution is 2.34. The molecule has 0 bridgehead atoms. The zero-order valence-corrected chi connectivity index (χ0v) is 27.9. The molecule has 2 aliphatic rings. The van der Waals surface area contributed by atoms with Crippen LogP contribution >= 0.6 is 0 Å². The van der Waals surface area contributed by atoms with Gasteiger partial charge in [0.05, 0.1) is 40.7 Å². The Hall–Kier alpha value is -3.45. The molecule has 2 heterocycles. The van der Waals surface area contributed by atoms with Gasteiger partial charge in [0, 0.05) is 35.5 Å². The molecule has 47 heavy (non-hydrogen) atoms. The summed E-state index contributed by atoms with van der Waals surface area (Å²) >= 11 is 0. The van der Waals surface area contributed by atoms with E-state index in [1.807, 2.05) is 6.07 Å². The quantitative estimate of drug-likeness (QED) is 0.278. The van der Waals surface area contributed by atoms with Gasteiger partial charge in [0.1, 0.15) is 22.1 Å². The summed E-state index contributed by atoms with van der Waals surface area (Å²) in [6.45, 7) is 0.425. The summed E-state index contributed by atoms with van der Waals surface area (Å²) < 4.78 is 94.6. The van der Waals surface area contributed by atoms with Crippen molar-refractivity contribution in [2.75, 3.05) is 43.6 Å². The van der Waals surface area contributed by atoms with Gasteiger partial charge < -0.3 is 24.8 Å².